The quantitative estimate of drug-likeness (QED) is 0.640. The Morgan fingerprint density at radius 3 is 2.85 bits per heavy atom. The number of aromatic nitrogens is 2. The maximum Gasteiger partial charge on any atom is 0.227 e. The van der Waals surface area contributed by atoms with Gasteiger partial charge in [0.15, 0.2) is 5.16 Å². The number of rotatable bonds is 4. The van der Waals surface area contributed by atoms with E-state index < -0.39 is 0 Å². The summed E-state index contributed by atoms with van der Waals surface area (Å²) in [6, 6.07) is 9.91. The van der Waals surface area contributed by atoms with Gasteiger partial charge in [-0.25, -0.2) is 9.97 Å². The normalized spacial score (nSPS) is 13.3. The fourth-order valence-electron chi connectivity index (χ4n) is 2.32. The minimum absolute atomic E-state index is 0.179. The molecule has 1 aromatic heterocycles. The summed E-state index contributed by atoms with van der Waals surface area (Å²) in [4.78, 5) is 22.4. The average Bonchev–Trinajstić information content (AvgIpc) is 2.92. The molecule has 2 heterocycles. The molecule has 4 nitrogen and oxygen atoms in total. The third-order valence-corrected chi connectivity index (χ3v) is 4.15. The summed E-state index contributed by atoms with van der Waals surface area (Å²) in [5.41, 5.74) is 2.33. The van der Waals surface area contributed by atoms with Crippen LogP contribution in [0.2, 0.25) is 0 Å². The molecule has 0 saturated carbocycles. The van der Waals surface area contributed by atoms with Crippen LogP contribution < -0.4 is 4.90 Å². The summed E-state index contributed by atoms with van der Waals surface area (Å²) >= 11 is 1.52. The highest BCUT2D eigenvalue weighted by atomic mass is 32.2. The monoisotopic (exact) mass is 285 g/mol. The Hall–Kier alpha value is -1.88. The Morgan fingerprint density at radius 1 is 1.20 bits per heavy atom. The second kappa shape index (κ2) is 6.05. The average molecular weight is 285 g/mol. The van der Waals surface area contributed by atoms with Gasteiger partial charge in [0.25, 0.3) is 0 Å². The van der Waals surface area contributed by atoms with Gasteiger partial charge in [-0.15, -0.1) is 0 Å². The fourth-order valence-corrected chi connectivity index (χ4v) is 3.05. The maximum atomic E-state index is 12.3. The zero-order chi connectivity index (χ0) is 13.8. The number of amides is 1. The van der Waals surface area contributed by atoms with Crippen molar-refractivity contribution in [3.8, 4) is 0 Å². The number of anilines is 1. The molecule has 0 aliphatic carbocycles. The first-order valence-corrected chi connectivity index (χ1v) is 7.61. The van der Waals surface area contributed by atoms with Crippen molar-refractivity contribution in [3.63, 3.8) is 0 Å². The molecule has 0 atom stereocenters. The largest absolute Gasteiger partial charge is 0.312 e. The van der Waals surface area contributed by atoms with E-state index in [1.807, 2.05) is 23.1 Å². The Labute approximate surface area is 122 Å². The summed E-state index contributed by atoms with van der Waals surface area (Å²) in [7, 11) is 0. The summed E-state index contributed by atoms with van der Waals surface area (Å²) in [6.07, 6.45) is 4.90. The molecule has 0 unspecified atom stereocenters. The molecule has 3 rings (SSSR count). The van der Waals surface area contributed by atoms with Crippen molar-refractivity contribution < 1.29 is 4.79 Å². The molecule has 20 heavy (non-hydrogen) atoms. The Bertz CT molecular complexity index is 603. The second-order valence-electron chi connectivity index (χ2n) is 4.55. The van der Waals surface area contributed by atoms with Crippen molar-refractivity contribution in [1.29, 1.82) is 0 Å². The van der Waals surface area contributed by atoms with Crippen molar-refractivity contribution >= 4 is 23.4 Å². The predicted octanol–water partition coefficient (Wildman–Crippen LogP) is 2.55. The van der Waals surface area contributed by atoms with E-state index in [0.29, 0.717) is 12.2 Å². The van der Waals surface area contributed by atoms with Crippen LogP contribution in [0.4, 0.5) is 5.69 Å². The molecule has 0 N–H and O–H groups in total. The lowest BCUT2D eigenvalue weighted by Crippen LogP contribution is -2.29. The Balaban J connectivity index is 1.56. The van der Waals surface area contributed by atoms with Gasteiger partial charge in [0.2, 0.25) is 5.91 Å². The van der Waals surface area contributed by atoms with Gasteiger partial charge in [-0.05, 0) is 24.1 Å². The van der Waals surface area contributed by atoms with E-state index in [2.05, 4.69) is 16.0 Å². The van der Waals surface area contributed by atoms with Crippen LogP contribution >= 0.6 is 11.8 Å². The van der Waals surface area contributed by atoms with Crippen LogP contribution in [0.3, 0.4) is 0 Å². The number of thioether (sulfide) groups is 1. The highest BCUT2D eigenvalue weighted by Gasteiger charge is 2.23. The molecular weight excluding hydrogens is 270 g/mol. The number of fused-ring (bicyclic) bond motifs is 1. The topological polar surface area (TPSA) is 46.1 Å². The number of para-hydroxylation sites is 1. The first-order valence-electron chi connectivity index (χ1n) is 6.63. The van der Waals surface area contributed by atoms with Crippen LogP contribution in [0, 0.1) is 0 Å². The molecular formula is C15H15N3OS. The number of hydrogen-bond acceptors (Lipinski definition) is 4. The number of hydrogen-bond donors (Lipinski definition) is 0. The number of nitrogens with zero attached hydrogens (tertiary/aromatic N) is 3. The number of benzene rings is 1. The minimum atomic E-state index is 0.179. The Kier molecular flexibility index (Phi) is 3.97. The Morgan fingerprint density at radius 2 is 2.00 bits per heavy atom. The zero-order valence-electron chi connectivity index (χ0n) is 11.0. The molecule has 1 aliphatic heterocycles. The predicted molar refractivity (Wildman–Crippen MR) is 79.9 cm³/mol. The van der Waals surface area contributed by atoms with Crippen molar-refractivity contribution in [2.75, 3.05) is 17.2 Å². The third-order valence-electron chi connectivity index (χ3n) is 3.28. The molecule has 1 aliphatic rings. The summed E-state index contributed by atoms with van der Waals surface area (Å²) in [5, 5.41) is 0.724. The highest BCUT2D eigenvalue weighted by Crippen LogP contribution is 2.28. The maximum absolute atomic E-state index is 12.3. The summed E-state index contributed by atoms with van der Waals surface area (Å²) in [5.74, 6) is 0.889. The molecule has 0 bridgehead atoms. The van der Waals surface area contributed by atoms with E-state index in [4.69, 9.17) is 0 Å². The van der Waals surface area contributed by atoms with Gasteiger partial charge < -0.3 is 4.90 Å². The van der Waals surface area contributed by atoms with E-state index in [0.717, 1.165) is 23.8 Å². The summed E-state index contributed by atoms with van der Waals surface area (Å²) in [6.45, 7) is 0.796. The van der Waals surface area contributed by atoms with E-state index in [9.17, 15) is 4.79 Å². The molecule has 102 valence electrons. The lowest BCUT2D eigenvalue weighted by molar-refractivity contribution is -0.118. The molecule has 2 aromatic rings. The minimum Gasteiger partial charge on any atom is -0.312 e. The molecule has 1 aromatic carbocycles. The molecule has 0 radical (unpaired) electrons. The van der Waals surface area contributed by atoms with Gasteiger partial charge in [0.05, 0.1) is 0 Å². The lowest BCUT2D eigenvalue weighted by Gasteiger charge is -2.16. The van der Waals surface area contributed by atoms with Crippen LogP contribution in [0.15, 0.2) is 47.9 Å². The highest BCUT2D eigenvalue weighted by molar-refractivity contribution is 7.99. The zero-order valence-corrected chi connectivity index (χ0v) is 11.8. The van der Waals surface area contributed by atoms with E-state index in [1.165, 1.54) is 17.3 Å². The van der Waals surface area contributed by atoms with Crippen molar-refractivity contribution in [1.82, 2.24) is 9.97 Å². The fraction of sp³-hybridized carbons (Fsp3) is 0.267. The molecule has 0 spiro atoms. The van der Waals surface area contributed by atoms with Gasteiger partial charge in [0, 0.05) is 36.8 Å². The lowest BCUT2D eigenvalue weighted by atomic mass is 10.2. The first-order chi connectivity index (χ1) is 9.84. The second-order valence-corrected chi connectivity index (χ2v) is 5.62. The van der Waals surface area contributed by atoms with Gasteiger partial charge >= 0.3 is 0 Å². The van der Waals surface area contributed by atoms with Gasteiger partial charge in [-0.1, -0.05) is 30.0 Å². The molecule has 1 amide bonds. The van der Waals surface area contributed by atoms with Crippen LogP contribution in [-0.4, -0.2) is 28.2 Å². The number of carbonyl (C=O) groups excluding carboxylic acids is 1. The standard InChI is InChI=1S/C15H15N3OS/c19-14(7-11-20-15-16-8-3-9-17-15)18-10-6-12-4-1-2-5-13(12)18/h1-5,8-9H,6-7,10-11H2. The van der Waals surface area contributed by atoms with Crippen molar-refractivity contribution in [2.24, 2.45) is 0 Å². The van der Waals surface area contributed by atoms with Crippen LogP contribution in [-0.2, 0) is 11.2 Å². The molecule has 0 saturated heterocycles. The van der Waals surface area contributed by atoms with Gasteiger partial charge in [0.1, 0.15) is 0 Å². The summed E-state index contributed by atoms with van der Waals surface area (Å²) < 4.78 is 0. The van der Waals surface area contributed by atoms with Crippen molar-refractivity contribution in [2.45, 2.75) is 18.0 Å². The SMILES string of the molecule is O=C(CCSc1ncccn1)N1CCc2ccccc21. The van der Waals surface area contributed by atoms with Gasteiger partial charge in [-0.2, -0.15) is 0 Å². The smallest absolute Gasteiger partial charge is 0.227 e. The van der Waals surface area contributed by atoms with Gasteiger partial charge in [-0.3, -0.25) is 4.79 Å². The van der Waals surface area contributed by atoms with E-state index in [-0.39, 0.29) is 5.91 Å². The van der Waals surface area contributed by atoms with E-state index >= 15 is 0 Å². The number of carbonyl (C=O) groups is 1. The molecule has 0 fully saturated rings. The van der Waals surface area contributed by atoms with Crippen LogP contribution in [0.25, 0.3) is 0 Å². The molecule has 5 heteroatoms. The van der Waals surface area contributed by atoms with Crippen LogP contribution in [0.1, 0.15) is 12.0 Å². The third kappa shape index (κ3) is 2.82. The first kappa shape index (κ1) is 13.1. The van der Waals surface area contributed by atoms with Crippen LogP contribution in [0.5, 0.6) is 0 Å². The van der Waals surface area contributed by atoms with Crippen molar-refractivity contribution in [3.05, 3.63) is 48.3 Å². The van der Waals surface area contributed by atoms with E-state index in [1.54, 1.807) is 18.5 Å².